The van der Waals surface area contributed by atoms with E-state index in [1.165, 1.54) is 12.8 Å². The minimum absolute atomic E-state index is 0.00438. The molecule has 0 aromatic carbocycles. The molecule has 7 nitrogen and oxygen atoms in total. The summed E-state index contributed by atoms with van der Waals surface area (Å²) in [5.41, 5.74) is 1.08. The van der Waals surface area contributed by atoms with Gasteiger partial charge in [0.25, 0.3) is 0 Å². The van der Waals surface area contributed by atoms with Gasteiger partial charge in [0, 0.05) is 38.9 Å². The molecule has 1 aromatic heterocycles. The Morgan fingerprint density at radius 3 is 2.92 bits per heavy atom. The van der Waals surface area contributed by atoms with Crippen LogP contribution in [0.15, 0.2) is 12.4 Å². The third-order valence-electron chi connectivity index (χ3n) is 5.25. The molecule has 2 amide bonds. The van der Waals surface area contributed by atoms with E-state index in [1.54, 1.807) is 11.1 Å². The molecule has 1 aliphatic heterocycles. The molecule has 2 N–H and O–H groups in total. The molecule has 0 spiro atoms. The zero-order valence-corrected chi connectivity index (χ0v) is 14.3. The van der Waals surface area contributed by atoms with Gasteiger partial charge in [-0.25, -0.2) is 0 Å². The molecule has 2 heterocycles. The van der Waals surface area contributed by atoms with Gasteiger partial charge in [-0.15, -0.1) is 0 Å². The Kier molecular flexibility index (Phi) is 5.50. The largest absolute Gasteiger partial charge is 0.353 e. The molecule has 1 atom stereocenters. The monoisotopic (exact) mass is 333 g/mol. The van der Waals surface area contributed by atoms with Crippen LogP contribution in [0.3, 0.4) is 0 Å². The van der Waals surface area contributed by atoms with Crippen LogP contribution in [0.4, 0.5) is 0 Å². The molecule has 132 valence electrons. The first kappa shape index (κ1) is 17.0. The number of piperazine rings is 1. The van der Waals surface area contributed by atoms with Crippen LogP contribution < -0.4 is 5.32 Å². The van der Waals surface area contributed by atoms with Crippen LogP contribution in [-0.4, -0.2) is 70.6 Å². The molecule has 3 rings (SSSR count). The first-order chi connectivity index (χ1) is 11.6. The molecule has 2 fully saturated rings. The van der Waals surface area contributed by atoms with E-state index in [0.717, 1.165) is 31.4 Å². The molecule has 7 heteroatoms. The number of hydrogen-bond acceptors (Lipinski definition) is 4. The zero-order chi connectivity index (χ0) is 16.9. The second kappa shape index (κ2) is 7.79. The third-order valence-corrected chi connectivity index (χ3v) is 5.25. The molecule has 0 bridgehead atoms. The third kappa shape index (κ3) is 3.95. The van der Waals surface area contributed by atoms with Crippen molar-refractivity contribution in [2.45, 2.75) is 50.6 Å². The topological polar surface area (TPSA) is 81.3 Å². The fourth-order valence-corrected chi connectivity index (χ4v) is 3.77. The van der Waals surface area contributed by atoms with Gasteiger partial charge in [-0.05, 0) is 24.8 Å². The molecule has 24 heavy (non-hydrogen) atoms. The number of amides is 2. The Hall–Kier alpha value is -1.89. The van der Waals surface area contributed by atoms with Gasteiger partial charge in [-0.2, -0.15) is 5.10 Å². The van der Waals surface area contributed by atoms with Crippen LogP contribution in [-0.2, 0) is 16.0 Å². The average molecular weight is 333 g/mol. The molecule has 1 saturated heterocycles. The van der Waals surface area contributed by atoms with Gasteiger partial charge in [-0.1, -0.05) is 12.8 Å². The normalized spacial score (nSPS) is 22.5. The summed E-state index contributed by atoms with van der Waals surface area (Å²) in [5, 5.41) is 9.61. The lowest BCUT2D eigenvalue weighted by Gasteiger charge is -2.39. The number of likely N-dealkylation sites (N-methyl/N-ethyl adjacent to an activating group) is 1. The van der Waals surface area contributed by atoms with Crippen molar-refractivity contribution in [2.75, 3.05) is 26.7 Å². The smallest absolute Gasteiger partial charge is 0.237 e. The van der Waals surface area contributed by atoms with E-state index >= 15 is 0 Å². The van der Waals surface area contributed by atoms with Gasteiger partial charge < -0.3 is 10.2 Å². The summed E-state index contributed by atoms with van der Waals surface area (Å²) >= 11 is 0. The van der Waals surface area contributed by atoms with Gasteiger partial charge in [0.2, 0.25) is 11.8 Å². The van der Waals surface area contributed by atoms with Gasteiger partial charge in [0.1, 0.15) is 0 Å². The van der Waals surface area contributed by atoms with E-state index in [4.69, 9.17) is 0 Å². The Balaban J connectivity index is 1.56. The second-order valence-corrected chi connectivity index (χ2v) is 6.86. The van der Waals surface area contributed by atoms with E-state index in [0.29, 0.717) is 19.1 Å². The average Bonchev–Trinajstić information content (AvgIpc) is 3.27. The van der Waals surface area contributed by atoms with Gasteiger partial charge in [0.05, 0.1) is 18.7 Å². The van der Waals surface area contributed by atoms with Crippen LogP contribution in [0.2, 0.25) is 0 Å². The minimum Gasteiger partial charge on any atom is -0.353 e. The fourth-order valence-electron chi connectivity index (χ4n) is 3.77. The van der Waals surface area contributed by atoms with Crippen molar-refractivity contribution in [3.8, 4) is 0 Å². The van der Waals surface area contributed by atoms with E-state index in [9.17, 15) is 9.59 Å². The van der Waals surface area contributed by atoms with Crippen molar-refractivity contribution in [1.29, 1.82) is 0 Å². The van der Waals surface area contributed by atoms with Crippen LogP contribution >= 0.6 is 0 Å². The number of H-pyrrole nitrogens is 1. The maximum Gasteiger partial charge on any atom is 0.237 e. The number of nitrogens with one attached hydrogen (secondary N) is 2. The Morgan fingerprint density at radius 2 is 2.21 bits per heavy atom. The Bertz CT molecular complexity index is 553. The summed E-state index contributed by atoms with van der Waals surface area (Å²) in [7, 11) is 1.81. The fraction of sp³-hybridized carbons (Fsp3) is 0.706. The highest BCUT2D eigenvalue weighted by Crippen LogP contribution is 2.27. The predicted octanol–water partition coefficient (Wildman–Crippen LogP) is 0.544. The van der Waals surface area contributed by atoms with E-state index in [1.807, 2.05) is 13.2 Å². The molecule has 1 aromatic rings. The molecular weight excluding hydrogens is 306 g/mol. The molecular formula is C17H27N5O2. The summed E-state index contributed by atoms with van der Waals surface area (Å²) in [5.74, 6) is 0.0354. The number of nitrogens with zero attached hydrogens (tertiary/aromatic N) is 3. The number of rotatable bonds is 6. The van der Waals surface area contributed by atoms with E-state index < -0.39 is 0 Å². The standard InChI is InChI=1S/C17H27N5O2/c1-21(8-6-13-11-19-20-12-13)16(23)10-15-17(24)18-7-9-22(15)14-4-2-3-5-14/h11-12,14-15H,2-10H2,1H3,(H,18,24)(H,19,20). The minimum atomic E-state index is -0.314. The number of carbonyl (C=O) groups excluding carboxylic acids is 2. The first-order valence-corrected chi connectivity index (χ1v) is 8.90. The summed E-state index contributed by atoms with van der Waals surface area (Å²) in [6, 6.07) is 0.149. The van der Waals surface area contributed by atoms with Crippen molar-refractivity contribution in [3.63, 3.8) is 0 Å². The Labute approximate surface area is 142 Å². The van der Waals surface area contributed by atoms with Crippen molar-refractivity contribution in [1.82, 2.24) is 25.3 Å². The van der Waals surface area contributed by atoms with Gasteiger partial charge >= 0.3 is 0 Å². The van der Waals surface area contributed by atoms with Crippen LogP contribution in [0.1, 0.15) is 37.7 Å². The van der Waals surface area contributed by atoms with Crippen molar-refractivity contribution < 1.29 is 9.59 Å². The quantitative estimate of drug-likeness (QED) is 0.796. The summed E-state index contributed by atoms with van der Waals surface area (Å²) in [4.78, 5) is 28.9. The molecule has 2 aliphatic rings. The van der Waals surface area contributed by atoms with Crippen LogP contribution in [0.5, 0.6) is 0 Å². The van der Waals surface area contributed by atoms with Crippen LogP contribution in [0, 0.1) is 0 Å². The molecule has 0 radical (unpaired) electrons. The lowest BCUT2D eigenvalue weighted by atomic mass is 10.0. The highest BCUT2D eigenvalue weighted by molar-refractivity contribution is 5.88. The molecule has 1 unspecified atom stereocenters. The van der Waals surface area contributed by atoms with Crippen molar-refractivity contribution in [2.24, 2.45) is 0 Å². The van der Waals surface area contributed by atoms with E-state index in [2.05, 4.69) is 20.4 Å². The lowest BCUT2D eigenvalue weighted by molar-refractivity contribution is -0.139. The van der Waals surface area contributed by atoms with Crippen molar-refractivity contribution >= 4 is 11.8 Å². The highest BCUT2D eigenvalue weighted by atomic mass is 16.2. The lowest BCUT2D eigenvalue weighted by Crippen LogP contribution is -2.59. The maximum atomic E-state index is 12.6. The number of aromatic amines is 1. The van der Waals surface area contributed by atoms with Crippen LogP contribution in [0.25, 0.3) is 0 Å². The second-order valence-electron chi connectivity index (χ2n) is 6.86. The molecule has 1 aliphatic carbocycles. The summed E-state index contributed by atoms with van der Waals surface area (Å²) in [6.07, 6.45) is 9.40. The van der Waals surface area contributed by atoms with Gasteiger partial charge in [0.15, 0.2) is 0 Å². The highest BCUT2D eigenvalue weighted by Gasteiger charge is 2.37. The SMILES string of the molecule is CN(CCc1cn[nH]c1)C(=O)CC1C(=O)NCCN1C1CCCC1. The summed E-state index contributed by atoms with van der Waals surface area (Å²) < 4.78 is 0. The molecule has 1 saturated carbocycles. The van der Waals surface area contributed by atoms with Crippen molar-refractivity contribution in [3.05, 3.63) is 18.0 Å². The number of carbonyl (C=O) groups is 2. The zero-order valence-electron chi connectivity index (χ0n) is 14.3. The Morgan fingerprint density at radius 1 is 1.42 bits per heavy atom. The predicted molar refractivity (Wildman–Crippen MR) is 90.3 cm³/mol. The summed E-state index contributed by atoms with van der Waals surface area (Å²) in [6.45, 7) is 2.18. The van der Waals surface area contributed by atoms with Gasteiger partial charge in [-0.3, -0.25) is 19.6 Å². The van der Waals surface area contributed by atoms with E-state index in [-0.39, 0.29) is 24.3 Å². The first-order valence-electron chi connectivity index (χ1n) is 8.90. The number of aromatic nitrogens is 2. The maximum absolute atomic E-state index is 12.6. The number of hydrogen-bond donors (Lipinski definition) is 2.